The van der Waals surface area contributed by atoms with Gasteiger partial charge in [0.2, 0.25) is 0 Å². The zero-order valence-corrected chi connectivity index (χ0v) is 18.1. The van der Waals surface area contributed by atoms with E-state index in [1.54, 1.807) is 29.3 Å². The van der Waals surface area contributed by atoms with Gasteiger partial charge in [0.15, 0.2) is 0 Å². The van der Waals surface area contributed by atoms with Gasteiger partial charge in [0.1, 0.15) is 5.65 Å². The monoisotopic (exact) mass is 460 g/mol. The van der Waals surface area contributed by atoms with Crippen LogP contribution in [0.2, 0.25) is 10.0 Å². The standard InChI is InChI=1S/C21H22Cl2N6O2/c22-13-6-12(7-14(23)8-13)9-27-21(31)29-5-1-2-15(11-29)28-18-16-3-4-25-20(16)26-10-17(18)19(24)30/h3-4,6-8,10,15H,1-2,5,9,11H2,(H2,24,30)(H,27,31)(H2,25,26,28)/t15-/m1/s1. The summed E-state index contributed by atoms with van der Waals surface area (Å²) in [6.45, 7) is 1.47. The third-order valence-electron chi connectivity index (χ3n) is 5.28. The Morgan fingerprint density at radius 1 is 1.26 bits per heavy atom. The molecule has 5 N–H and O–H groups in total. The van der Waals surface area contributed by atoms with Gasteiger partial charge < -0.3 is 26.3 Å². The molecule has 1 fully saturated rings. The van der Waals surface area contributed by atoms with Crippen molar-refractivity contribution in [3.05, 3.63) is 57.8 Å². The number of fused-ring (bicyclic) bond motifs is 1. The number of piperidine rings is 1. The number of carbonyl (C=O) groups excluding carboxylic acids is 2. The molecule has 8 nitrogen and oxygen atoms in total. The summed E-state index contributed by atoms with van der Waals surface area (Å²) >= 11 is 12.0. The molecule has 10 heteroatoms. The van der Waals surface area contributed by atoms with Crippen LogP contribution in [0.15, 0.2) is 36.7 Å². The first kappa shape index (κ1) is 21.3. The van der Waals surface area contributed by atoms with Crippen LogP contribution in [0.4, 0.5) is 10.5 Å². The molecular weight excluding hydrogens is 439 g/mol. The summed E-state index contributed by atoms with van der Waals surface area (Å²) in [6.07, 6.45) is 4.92. The highest BCUT2D eigenvalue weighted by Gasteiger charge is 2.25. The van der Waals surface area contributed by atoms with Crippen LogP contribution >= 0.6 is 23.2 Å². The van der Waals surface area contributed by atoms with Crippen LogP contribution in [0.25, 0.3) is 11.0 Å². The van der Waals surface area contributed by atoms with E-state index in [1.165, 1.54) is 6.20 Å². The number of nitrogens with one attached hydrogen (secondary N) is 3. The maximum atomic E-state index is 12.7. The molecule has 4 rings (SSSR count). The predicted octanol–water partition coefficient (Wildman–Crippen LogP) is 3.75. The van der Waals surface area contributed by atoms with Crippen molar-refractivity contribution in [2.45, 2.75) is 25.4 Å². The van der Waals surface area contributed by atoms with Crippen LogP contribution in [0, 0.1) is 0 Å². The molecule has 3 aromatic rings. The van der Waals surface area contributed by atoms with E-state index in [9.17, 15) is 9.59 Å². The lowest BCUT2D eigenvalue weighted by Gasteiger charge is -2.34. The highest BCUT2D eigenvalue weighted by Crippen LogP contribution is 2.27. The fraction of sp³-hybridized carbons (Fsp3) is 0.286. The summed E-state index contributed by atoms with van der Waals surface area (Å²) in [4.78, 5) is 33.7. The van der Waals surface area contributed by atoms with Crippen LogP contribution < -0.4 is 16.4 Å². The van der Waals surface area contributed by atoms with Gasteiger partial charge in [-0.2, -0.15) is 0 Å². The number of likely N-dealkylation sites (tertiary alicyclic amines) is 1. The minimum Gasteiger partial charge on any atom is -0.379 e. The van der Waals surface area contributed by atoms with Gasteiger partial charge >= 0.3 is 6.03 Å². The Hall–Kier alpha value is -2.97. The Bertz CT molecular complexity index is 1110. The molecule has 1 aliphatic rings. The molecule has 1 aromatic carbocycles. The molecule has 0 unspecified atom stereocenters. The number of rotatable bonds is 5. The number of H-pyrrole nitrogens is 1. The molecule has 0 aliphatic carbocycles. The van der Waals surface area contributed by atoms with E-state index in [4.69, 9.17) is 28.9 Å². The third kappa shape index (κ3) is 4.86. The van der Waals surface area contributed by atoms with E-state index in [0.29, 0.717) is 46.6 Å². The van der Waals surface area contributed by atoms with Gasteiger partial charge in [-0.15, -0.1) is 0 Å². The second-order valence-electron chi connectivity index (χ2n) is 7.52. The fourth-order valence-corrected chi connectivity index (χ4v) is 4.41. The molecule has 0 saturated carbocycles. The molecule has 2 aromatic heterocycles. The largest absolute Gasteiger partial charge is 0.379 e. The van der Waals surface area contributed by atoms with Crippen molar-refractivity contribution >= 4 is 51.9 Å². The van der Waals surface area contributed by atoms with Gasteiger partial charge in [0.05, 0.1) is 11.3 Å². The van der Waals surface area contributed by atoms with E-state index < -0.39 is 5.91 Å². The second kappa shape index (κ2) is 9.03. The van der Waals surface area contributed by atoms with Crippen LogP contribution in [0.1, 0.15) is 28.8 Å². The van der Waals surface area contributed by atoms with Crippen LogP contribution in [-0.2, 0) is 6.54 Å². The maximum absolute atomic E-state index is 12.7. The summed E-state index contributed by atoms with van der Waals surface area (Å²) in [5.41, 5.74) is 8.01. The topological polar surface area (TPSA) is 116 Å². The average molecular weight is 461 g/mol. The molecule has 1 aliphatic heterocycles. The number of pyridine rings is 1. The van der Waals surface area contributed by atoms with Crippen LogP contribution in [0.3, 0.4) is 0 Å². The first-order valence-corrected chi connectivity index (χ1v) is 10.7. The van der Waals surface area contributed by atoms with Crippen molar-refractivity contribution in [1.82, 2.24) is 20.2 Å². The molecule has 3 amide bonds. The van der Waals surface area contributed by atoms with Gasteiger partial charge in [-0.1, -0.05) is 23.2 Å². The highest BCUT2D eigenvalue weighted by molar-refractivity contribution is 6.34. The minimum absolute atomic E-state index is 0.0290. The zero-order chi connectivity index (χ0) is 22.0. The number of benzene rings is 1. The normalized spacial score (nSPS) is 16.3. The van der Waals surface area contributed by atoms with Crippen molar-refractivity contribution in [2.24, 2.45) is 5.73 Å². The fourth-order valence-electron chi connectivity index (χ4n) is 3.84. The lowest BCUT2D eigenvalue weighted by atomic mass is 10.0. The minimum atomic E-state index is -0.552. The molecule has 1 atom stereocenters. The smallest absolute Gasteiger partial charge is 0.317 e. The quantitative estimate of drug-likeness (QED) is 0.463. The summed E-state index contributed by atoms with van der Waals surface area (Å²) in [5, 5.41) is 8.17. The van der Waals surface area contributed by atoms with Crippen molar-refractivity contribution in [2.75, 3.05) is 18.4 Å². The van der Waals surface area contributed by atoms with Crippen molar-refractivity contribution in [1.29, 1.82) is 0 Å². The molecule has 0 radical (unpaired) electrons. The van der Waals surface area contributed by atoms with E-state index in [1.807, 2.05) is 6.07 Å². The number of hydrogen-bond acceptors (Lipinski definition) is 4. The summed E-state index contributed by atoms with van der Waals surface area (Å²) in [7, 11) is 0. The molecule has 3 heterocycles. The number of aromatic amines is 1. The number of urea groups is 1. The number of nitrogens with zero attached hydrogens (tertiary/aromatic N) is 2. The van der Waals surface area contributed by atoms with E-state index in [-0.39, 0.29) is 12.1 Å². The van der Waals surface area contributed by atoms with Gasteiger partial charge in [0, 0.05) is 53.5 Å². The Morgan fingerprint density at radius 2 is 2.03 bits per heavy atom. The van der Waals surface area contributed by atoms with E-state index in [2.05, 4.69) is 20.6 Å². The third-order valence-corrected chi connectivity index (χ3v) is 5.71. The summed E-state index contributed by atoms with van der Waals surface area (Å²) in [5.74, 6) is -0.552. The van der Waals surface area contributed by atoms with Crippen LogP contribution in [-0.4, -0.2) is 45.9 Å². The van der Waals surface area contributed by atoms with Crippen LogP contribution in [0.5, 0.6) is 0 Å². The van der Waals surface area contributed by atoms with Gasteiger partial charge in [-0.25, -0.2) is 9.78 Å². The van der Waals surface area contributed by atoms with Gasteiger partial charge in [-0.05, 0) is 42.7 Å². The number of halogens is 2. The molecule has 31 heavy (non-hydrogen) atoms. The Morgan fingerprint density at radius 3 is 2.77 bits per heavy atom. The Kier molecular flexibility index (Phi) is 6.20. The van der Waals surface area contributed by atoms with Crippen molar-refractivity contribution < 1.29 is 9.59 Å². The molecule has 0 bridgehead atoms. The van der Waals surface area contributed by atoms with Gasteiger partial charge in [0.25, 0.3) is 5.91 Å². The lowest BCUT2D eigenvalue weighted by molar-refractivity contribution is 0.100. The zero-order valence-electron chi connectivity index (χ0n) is 16.6. The first-order valence-electron chi connectivity index (χ1n) is 9.91. The molecular formula is C21H22Cl2N6O2. The molecule has 0 spiro atoms. The number of amides is 3. The number of aromatic nitrogens is 2. The second-order valence-corrected chi connectivity index (χ2v) is 8.39. The first-order chi connectivity index (χ1) is 14.9. The molecule has 162 valence electrons. The summed E-state index contributed by atoms with van der Waals surface area (Å²) < 4.78 is 0. The van der Waals surface area contributed by atoms with E-state index >= 15 is 0 Å². The SMILES string of the molecule is NC(=O)c1cnc2[nH]ccc2c1N[C@@H]1CCCN(C(=O)NCc2cc(Cl)cc(Cl)c2)C1. The lowest BCUT2D eigenvalue weighted by Crippen LogP contribution is -2.49. The average Bonchev–Trinajstić information content (AvgIpc) is 3.21. The number of primary amides is 1. The maximum Gasteiger partial charge on any atom is 0.317 e. The highest BCUT2D eigenvalue weighted by atomic mass is 35.5. The predicted molar refractivity (Wildman–Crippen MR) is 122 cm³/mol. The number of carbonyl (C=O) groups is 2. The van der Waals surface area contributed by atoms with Gasteiger partial charge in [-0.3, -0.25) is 4.79 Å². The van der Waals surface area contributed by atoms with Crippen molar-refractivity contribution in [3.8, 4) is 0 Å². The van der Waals surface area contributed by atoms with E-state index in [0.717, 1.165) is 23.8 Å². The number of anilines is 1. The number of nitrogens with two attached hydrogens (primary N) is 1. The Balaban J connectivity index is 1.44. The Labute approximate surface area is 189 Å². The molecule has 1 saturated heterocycles. The van der Waals surface area contributed by atoms with Crippen molar-refractivity contribution in [3.63, 3.8) is 0 Å². The number of hydrogen-bond donors (Lipinski definition) is 4. The summed E-state index contributed by atoms with van der Waals surface area (Å²) in [6, 6.07) is 6.84.